The van der Waals surface area contributed by atoms with Crippen molar-refractivity contribution in [3.05, 3.63) is 10.6 Å². The second kappa shape index (κ2) is 4.47. The number of rotatable bonds is 2. The molecule has 1 aliphatic heterocycles. The fourth-order valence-corrected chi connectivity index (χ4v) is 1.61. The maximum Gasteiger partial charge on any atom is 0.104 e. The van der Waals surface area contributed by atoms with Crippen LogP contribution in [-0.2, 0) is 0 Å². The molecule has 0 radical (unpaired) electrons. The van der Waals surface area contributed by atoms with E-state index < -0.39 is 0 Å². The Hall–Kier alpha value is 0.240. The van der Waals surface area contributed by atoms with Gasteiger partial charge >= 0.3 is 0 Å². The van der Waals surface area contributed by atoms with E-state index in [4.69, 9.17) is 28.9 Å². The third-order valence-electron chi connectivity index (χ3n) is 2.43. The van der Waals surface area contributed by atoms with Crippen molar-refractivity contribution >= 4 is 23.2 Å². The quantitative estimate of drug-likeness (QED) is 0.750. The molecule has 0 aromatic heterocycles. The van der Waals surface area contributed by atoms with Gasteiger partial charge in [-0.3, -0.25) is 4.90 Å². The molecule has 1 heterocycles. The molecule has 0 amide bonds. The molecule has 0 aromatic carbocycles. The molecule has 2 atom stereocenters. The van der Waals surface area contributed by atoms with Crippen LogP contribution in [0.15, 0.2) is 10.6 Å². The van der Waals surface area contributed by atoms with Crippen LogP contribution >= 0.6 is 23.2 Å². The highest BCUT2D eigenvalue weighted by molar-refractivity contribution is 6.55. The molecule has 2 unspecified atom stereocenters. The summed E-state index contributed by atoms with van der Waals surface area (Å²) in [6.45, 7) is 3.98. The highest BCUT2D eigenvalue weighted by Crippen LogP contribution is 2.16. The standard InChI is InChI=1S/C8H14Cl2N2/c1-6-7(11)2-4-12(6)5-3-8(9)10/h3,6-7H,2,4-5,11H2,1H3. The minimum atomic E-state index is 0.299. The van der Waals surface area contributed by atoms with Crippen molar-refractivity contribution in [2.45, 2.75) is 25.4 Å². The topological polar surface area (TPSA) is 29.3 Å². The van der Waals surface area contributed by atoms with Crippen LogP contribution in [0.1, 0.15) is 13.3 Å². The van der Waals surface area contributed by atoms with E-state index >= 15 is 0 Å². The lowest BCUT2D eigenvalue weighted by atomic mass is 10.2. The van der Waals surface area contributed by atoms with E-state index in [-0.39, 0.29) is 0 Å². The maximum absolute atomic E-state index is 5.85. The van der Waals surface area contributed by atoms with Crippen molar-refractivity contribution in [1.29, 1.82) is 0 Å². The predicted octanol–water partition coefficient (Wildman–Crippen LogP) is 1.73. The van der Waals surface area contributed by atoms with Crippen LogP contribution in [0.3, 0.4) is 0 Å². The van der Waals surface area contributed by atoms with Gasteiger partial charge in [0.05, 0.1) is 0 Å². The molecule has 0 bridgehead atoms. The van der Waals surface area contributed by atoms with Crippen molar-refractivity contribution in [2.75, 3.05) is 13.1 Å². The Morgan fingerprint density at radius 1 is 1.67 bits per heavy atom. The van der Waals surface area contributed by atoms with E-state index in [9.17, 15) is 0 Å². The normalized spacial score (nSPS) is 30.7. The number of nitrogens with two attached hydrogens (primary N) is 1. The van der Waals surface area contributed by atoms with Gasteiger partial charge in [-0.1, -0.05) is 23.2 Å². The molecular weight excluding hydrogens is 195 g/mol. The van der Waals surface area contributed by atoms with Gasteiger partial charge in [-0.2, -0.15) is 0 Å². The van der Waals surface area contributed by atoms with Crippen LogP contribution in [-0.4, -0.2) is 30.1 Å². The molecule has 0 spiro atoms. The summed E-state index contributed by atoms with van der Waals surface area (Å²) in [6.07, 6.45) is 2.87. The molecule has 1 aliphatic rings. The average molecular weight is 209 g/mol. The van der Waals surface area contributed by atoms with Crippen LogP contribution in [0, 0.1) is 0 Å². The van der Waals surface area contributed by atoms with Gasteiger partial charge in [0.25, 0.3) is 0 Å². The van der Waals surface area contributed by atoms with Crippen molar-refractivity contribution in [1.82, 2.24) is 4.90 Å². The smallest absolute Gasteiger partial charge is 0.104 e. The summed E-state index contributed by atoms with van der Waals surface area (Å²) in [4.78, 5) is 2.27. The zero-order valence-corrected chi connectivity index (χ0v) is 8.65. The SMILES string of the molecule is CC1C(N)CCN1CC=C(Cl)Cl. The fourth-order valence-electron chi connectivity index (χ4n) is 1.47. The molecular formula is C8H14Cl2N2. The van der Waals surface area contributed by atoms with E-state index in [2.05, 4.69) is 11.8 Å². The first-order valence-corrected chi connectivity index (χ1v) is 4.87. The third kappa shape index (κ3) is 2.63. The molecule has 0 aromatic rings. The number of hydrogen-bond donors (Lipinski definition) is 1. The first kappa shape index (κ1) is 10.3. The zero-order valence-electron chi connectivity index (χ0n) is 7.13. The molecule has 12 heavy (non-hydrogen) atoms. The summed E-state index contributed by atoms with van der Waals surface area (Å²) in [6, 6.07) is 0.737. The van der Waals surface area contributed by atoms with Gasteiger partial charge in [0.15, 0.2) is 0 Å². The average Bonchev–Trinajstić information content (AvgIpc) is 2.30. The Labute approximate surface area is 83.3 Å². The van der Waals surface area contributed by atoms with Crippen molar-refractivity contribution in [3.8, 4) is 0 Å². The molecule has 2 nitrogen and oxygen atoms in total. The summed E-state index contributed by atoms with van der Waals surface area (Å²) in [7, 11) is 0. The van der Waals surface area contributed by atoms with Crippen LogP contribution in [0.5, 0.6) is 0 Å². The van der Waals surface area contributed by atoms with Crippen molar-refractivity contribution < 1.29 is 0 Å². The van der Waals surface area contributed by atoms with Gasteiger partial charge in [0.1, 0.15) is 4.49 Å². The molecule has 1 fully saturated rings. The van der Waals surface area contributed by atoms with Crippen molar-refractivity contribution in [3.63, 3.8) is 0 Å². The molecule has 0 saturated carbocycles. The number of likely N-dealkylation sites (tertiary alicyclic amines) is 1. The second-order valence-corrected chi connectivity index (χ2v) is 4.19. The lowest BCUT2D eigenvalue weighted by Crippen LogP contribution is -2.36. The first-order valence-electron chi connectivity index (χ1n) is 4.12. The largest absolute Gasteiger partial charge is 0.326 e. The lowest BCUT2D eigenvalue weighted by Gasteiger charge is -2.20. The summed E-state index contributed by atoms with van der Waals surface area (Å²) in [5.41, 5.74) is 5.85. The Morgan fingerprint density at radius 3 is 2.75 bits per heavy atom. The van der Waals surface area contributed by atoms with Crippen molar-refractivity contribution in [2.24, 2.45) is 5.73 Å². The summed E-state index contributed by atoms with van der Waals surface area (Å²) in [5, 5.41) is 0. The maximum atomic E-state index is 5.85. The zero-order chi connectivity index (χ0) is 9.14. The summed E-state index contributed by atoms with van der Waals surface area (Å²) >= 11 is 11.0. The Kier molecular flexibility index (Phi) is 3.84. The number of nitrogens with zero attached hydrogens (tertiary/aromatic N) is 1. The van der Waals surface area contributed by atoms with Crippen LogP contribution in [0.2, 0.25) is 0 Å². The highest BCUT2D eigenvalue weighted by atomic mass is 35.5. The molecule has 0 aliphatic carbocycles. The Balaban J connectivity index is 2.39. The predicted molar refractivity (Wildman–Crippen MR) is 53.4 cm³/mol. The fraction of sp³-hybridized carbons (Fsp3) is 0.750. The number of halogens is 2. The minimum Gasteiger partial charge on any atom is -0.326 e. The van der Waals surface area contributed by atoms with E-state index in [1.54, 1.807) is 6.08 Å². The Bertz CT molecular complexity index is 178. The lowest BCUT2D eigenvalue weighted by molar-refractivity contribution is 0.287. The summed E-state index contributed by atoms with van der Waals surface area (Å²) < 4.78 is 0.336. The molecule has 1 saturated heterocycles. The molecule has 2 N–H and O–H groups in total. The minimum absolute atomic E-state index is 0.299. The third-order valence-corrected chi connectivity index (χ3v) is 2.73. The van der Waals surface area contributed by atoms with E-state index in [1.807, 2.05) is 0 Å². The van der Waals surface area contributed by atoms with E-state index in [1.165, 1.54) is 0 Å². The van der Waals surface area contributed by atoms with Gasteiger partial charge in [-0.25, -0.2) is 0 Å². The van der Waals surface area contributed by atoms with Crippen LogP contribution in [0.25, 0.3) is 0 Å². The second-order valence-electron chi connectivity index (χ2n) is 3.18. The van der Waals surface area contributed by atoms with Gasteiger partial charge < -0.3 is 5.73 Å². The monoisotopic (exact) mass is 208 g/mol. The highest BCUT2D eigenvalue weighted by Gasteiger charge is 2.26. The molecule has 70 valence electrons. The Morgan fingerprint density at radius 2 is 2.33 bits per heavy atom. The van der Waals surface area contributed by atoms with Crippen LogP contribution < -0.4 is 5.73 Å². The first-order chi connectivity index (χ1) is 5.61. The van der Waals surface area contributed by atoms with Gasteiger partial charge in [0.2, 0.25) is 0 Å². The number of hydrogen-bond acceptors (Lipinski definition) is 2. The summed E-state index contributed by atoms with van der Waals surface area (Å²) in [5.74, 6) is 0. The van der Waals surface area contributed by atoms with Gasteiger partial charge in [-0.15, -0.1) is 0 Å². The van der Waals surface area contributed by atoms with Crippen LogP contribution in [0.4, 0.5) is 0 Å². The van der Waals surface area contributed by atoms with E-state index in [0.29, 0.717) is 16.6 Å². The molecule has 1 rings (SSSR count). The molecule has 4 heteroatoms. The van der Waals surface area contributed by atoms with E-state index in [0.717, 1.165) is 19.5 Å². The van der Waals surface area contributed by atoms with Gasteiger partial charge in [0, 0.05) is 25.2 Å². The van der Waals surface area contributed by atoms with Gasteiger partial charge in [-0.05, 0) is 19.4 Å².